The van der Waals surface area contributed by atoms with Crippen LogP contribution in [-0.4, -0.2) is 21.0 Å². The third kappa shape index (κ3) is 3.36. The number of thioether (sulfide) groups is 1. The van der Waals surface area contributed by atoms with E-state index in [-0.39, 0.29) is 11.7 Å². The summed E-state index contributed by atoms with van der Waals surface area (Å²) < 4.78 is 13.1. The fraction of sp³-hybridized carbons (Fsp3) is 0.0556. The summed E-state index contributed by atoms with van der Waals surface area (Å²) in [4.78, 5) is 24.0. The van der Waals surface area contributed by atoms with Gasteiger partial charge in [-0.1, -0.05) is 17.7 Å². The van der Waals surface area contributed by atoms with E-state index in [1.54, 1.807) is 18.3 Å². The van der Waals surface area contributed by atoms with Crippen LogP contribution in [0.25, 0.3) is 17.1 Å². The molecular weight excluding hydrogens is 375 g/mol. The standard InChI is InChI=1S/C18H12ClFN4OS/c19-14-7-12(20)4-3-10(14)8-23-18-24-17(25)15(26-18)6-11-9-22-16-13(11)2-1-5-21-16/h1-7,9H,8H2,(H,21,22)(H,23,24,25)/b15-6-. The molecule has 0 aliphatic carbocycles. The molecule has 0 bridgehead atoms. The fourth-order valence-corrected chi connectivity index (χ4v) is 3.59. The van der Waals surface area contributed by atoms with Crippen molar-refractivity contribution >= 4 is 51.5 Å². The molecule has 0 atom stereocenters. The maximum Gasteiger partial charge on any atom is 0.286 e. The minimum Gasteiger partial charge on any atom is -0.360 e. The summed E-state index contributed by atoms with van der Waals surface area (Å²) in [6.07, 6.45) is 5.30. The number of hydrogen-bond donors (Lipinski definition) is 2. The molecule has 1 aliphatic rings. The zero-order valence-electron chi connectivity index (χ0n) is 13.3. The molecule has 0 unspecified atom stereocenters. The van der Waals surface area contributed by atoms with E-state index in [0.717, 1.165) is 22.2 Å². The number of halogens is 2. The van der Waals surface area contributed by atoms with Crippen LogP contribution in [0.5, 0.6) is 0 Å². The molecule has 3 heterocycles. The quantitative estimate of drug-likeness (QED) is 0.664. The van der Waals surface area contributed by atoms with Crippen molar-refractivity contribution in [3.63, 3.8) is 0 Å². The van der Waals surface area contributed by atoms with Gasteiger partial charge in [0.15, 0.2) is 5.17 Å². The van der Waals surface area contributed by atoms with Gasteiger partial charge in [-0.05, 0) is 47.7 Å². The van der Waals surface area contributed by atoms with Gasteiger partial charge in [0.1, 0.15) is 11.5 Å². The number of amidine groups is 1. The maximum atomic E-state index is 13.1. The van der Waals surface area contributed by atoms with Crippen LogP contribution in [0, 0.1) is 5.82 Å². The van der Waals surface area contributed by atoms with Crippen LogP contribution in [0.3, 0.4) is 0 Å². The number of amides is 1. The molecule has 2 aromatic heterocycles. The average molecular weight is 387 g/mol. The van der Waals surface area contributed by atoms with E-state index in [9.17, 15) is 9.18 Å². The monoisotopic (exact) mass is 386 g/mol. The van der Waals surface area contributed by atoms with E-state index in [0.29, 0.717) is 21.6 Å². The Hall–Kier alpha value is -2.64. The molecule has 0 saturated heterocycles. The number of aromatic amines is 1. The predicted octanol–water partition coefficient (Wildman–Crippen LogP) is 4.12. The Balaban J connectivity index is 1.48. The number of aliphatic imine (C=N–C) groups is 1. The largest absolute Gasteiger partial charge is 0.360 e. The van der Waals surface area contributed by atoms with Crippen LogP contribution >= 0.6 is 23.4 Å². The molecule has 26 heavy (non-hydrogen) atoms. The molecule has 4 rings (SSSR count). The summed E-state index contributed by atoms with van der Waals surface area (Å²) in [5.74, 6) is -0.694. The maximum absolute atomic E-state index is 13.1. The number of hydrogen-bond acceptors (Lipinski definition) is 4. The molecule has 8 heteroatoms. The number of benzene rings is 1. The van der Waals surface area contributed by atoms with Gasteiger partial charge < -0.3 is 10.3 Å². The highest BCUT2D eigenvalue weighted by molar-refractivity contribution is 8.18. The number of carbonyl (C=O) groups excluding carboxylic acids is 1. The topological polar surface area (TPSA) is 70.1 Å². The number of fused-ring (bicyclic) bond motifs is 1. The highest BCUT2D eigenvalue weighted by Crippen LogP contribution is 2.29. The smallest absolute Gasteiger partial charge is 0.286 e. The highest BCUT2D eigenvalue weighted by Gasteiger charge is 2.22. The number of H-pyrrole nitrogens is 1. The first kappa shape index (κ1) is 16.8. The summed E-state index contributed by atoms with van der Waals surface area (Å²) in [5, 5.41) is 4.81. The lowest BCUT2D eigenvalue weighted by Crippen LogP contribution is -2.18. The third-order valence-electron chi connectivity index (χ3n) is 3.84. The van der Waals surface area contributed by atoms with Crippen LogP contribution < -0.4 is 5.32 Å². The number of nitrogens with zero attached hydrogens (tertiary/aromatic N) is 2. The first-order valence-corrected chi connectivity index (χ1v) is 8.92. The molecule has 3 aromatic rings. The molecule has 0 radical (unpaired) electrons. The Morgan fingerprint density at radius 1 is 1.35 bits per heavy atom. The second kappa shape index (κ2) is 6.93. The van der Waals surface area contributed by atoms with Crippen LogP contribution in [0.15, 0.2) is 52.6 Å². The van der Waals surface area contributed by atoms with Crippen molar-refractivity contribution in [2.75, 3.05) is 0 Å². The zero-order valence-corrected chi connectivity index (χ0v) is 14.9. The van der Waals surface area contributed by atoms with Gasteiger partial charge in [-0.3, -0.25) is 4.79 Å². The van der Waals surface area contributed by atoms with Crippen molar-refractivity contribution < 1.29 is 9.18 Å². The van der Waals surface area contributed by atoms with Gasteiger partial charge in [0.05, 0.1) is 4.91 Å². The average Bonchev–Trinajstić information content (AvgIpc) is 3.19. The molecule has 1 aromatic carbocycles. The molecule has 0 spiro atoms. The van der Waals surface area contributed by atoms with Crippen LogP contribution in [0.1, 0.15) is 11.1 Å². The molecule has 5 nitrogen and oxygen atoms in total. The van der Waals surface area contributed by atoms with Crippen molar-refractivity contribution in [2.45, 2.75) is 6.54 Å². The first-order chi connectivity index (χ1) is 12.6. The SMILES string of the molecule is O=C1N=C(NCc2ccc(F)cc2Cl)S/C1=C\c1c[nH]c2ncccc12. The van der Waals surface area contributed by atoms with Gasteiger partial charge in [-0.15, -0.1) is 0 Å². The minimum atomic E-state index is -0.389. The van der Waals surface area contributed by atoms with Gasteiger partial charge >= 0.3 is 0 Å². The van der Waals surface area contributed by atoms with Gasteiger partial charge in [0.2, 0.25) is 0 Å². The Morgan fingerprint density at radius 2 is 2.23 bits per heavy atom. The second-order valence-corrected chi connectivity index (χ2v) is 7.00. The molecule has 1 aliphatic heterocycles. The predicted molar refractivity (Wildman–Crippen MR) is 102 cm³/mol. The molecule has 0 fully saturated rings. The normalized spacial score (nSPS) is 15.7. The van der Waals surface area contributed by atoms with E-state index < -0.39 is 0 Å². The van der Waals surface area contributed by atoms with Crippen LogP contribution in [0.4, 0.5) is 4.39 Å². The summed E-state index contributed by atoms with van der Waals surface area (Å²) in [6.45, 7) is 0.350. The van der Waals surface area contributed by atoms with Crippen molar-refractivity contribution in [1.29, 1.82) is 0 Å². The number of pyridine rings is 1. The van der Waals surface area contributed by atoms with Crippen LogP contribution in [-0.2, 0) is 11.3 Å². The Bertz CT molecular complexity index is 1080. The molecule has 1 amide bonds. The Morgan fingerprint density at radius 3 is 3.08 bits per heavy atom. The van der Waals surface area contributed by atoms with Gasteiger partial charge in [-0.2, -0.15) is 4.99 Å². The lowest BCUT2D eigenvalue weighted by molar-refractivity contribution is -0.113. The van der Waals surface area contributed by atoms with E-state index in [1.807, 2.05) is 18.3 Å². The molecule has 130 valence electrons. The number of carbonyl (C=O) groups is 1. The first-order valence-electron chi connectivity index (χ1n) is 7.72. The van der Waals surface area contributed by atoms with Gasteiger partial charge in [0, 0.05) is 34.9 Å². The molecular formula is C18H12ClFN4OS. The highest BCUT2D eigenvalue weighted by atomic mass is 35.5. The summed E-state index contributed by atoms with van der Waals surface area (Å²) >= 11 is 7.26. The van der Waals surface area contributed by atoms with Crippen LogP contribution in [0.2, 0.25) is 5.02 Å². The fourth-order valence-electron chi connectivity index (χ4n) is 2.56. The molecule has 2 N–H and O–H groups in total. The van der Waals surface area contributed by atoms with E-state index in [2.05, 4.69) is 20.3 Å². The summed E-state index contributed by atoms with van der Waals surface area (Å²) in [6, 6.07) is 7.98. The zero-order chi connectivity index (χ0) is 18.1. The van der Waals surface area contributed by atoms with Crippen molar-refractivity contribution in [2.24, 2.45) is 4.99 Å². The summed E-state index contributed by atoms with van der Waals surface area (Å²) in [7, 11) is 0. The third-order valence-corrected chi connectivity index (χ3v) is 5.13. The summed E-state index contributed by atoms with van der Waals surface area (Å²) in [5.41, 5.74) is 2.37. The second-order valence-electron chi connectivity index (χ2n) is 5.57. The van der Waals surface area contributed by atoms with E-state index >= 15 is 0 Å². The lowest BCUT2D eigenvalue weighted by Gasteiger charge is -2.06. The van der Waals surface area contributed by atoms with Crippen molar-refractivity contribution in [3.8, 4) is 0 Å². The van der Waals surface area contributed by atoms with Crippen molar-refractivity contribution in [3.05, 3.63) is 69.6 Å². The number of aromatic nitrogens is 2. The Kier molecular flexibility index (Phi) is 4.48. The number of nitrogens with one attached hydrogen (secondary N) is 2. The van der Waals surface area contributed by atoms with Crippen molar-refractivity contribution in [1.82, 2.24) is 15.3 Å². The van der Waals surface area contributed by atoms with E-state index in [1.165, 1.54) is 23.9 Å². The number of rotatable bonds is 3. The minimum absolute atomic E-state index is 0.305. The molecule has 0 saturated carbocycles. The lowest BCUT2D eigenvalue weighted by atomic mass is 10.2. The van der Waals surface area contributed by atoms with E-state index in [4.69, 9.17) is 11.6 Å². The van der Waals surface area contributed by atoms with Gasteiger partial charge in [0.25, 0.3) is 5.91 Å². The Labute approximate surface area is 157 Å². The van der Waals surface area contributed by atoms with Gasteiger partial charge in [-0.25, -0.2) is 9.37 Å².